The van der Waals surface area contributed by atoms with Crippen LogP contribution in [0.4, 0.5) is 5.69 Å². The Bertz CT molecular complexity index is 517. The second-order valence-corrected chi connectivity index (χ2v) is 5.02. The number of hydrogen-bond acceptors (Lipinski definition) is 4. The van der Waals surface area contributed by atoms with Crippen molar-refractivity contribution in [2.45, 2.75) is 20.0 Å². The number of rotatable bonds is 2. The lowest BCUT2D eigenvalue weighted by Gasteiger charge is -2.33. The average molecular weight is 328 g/mol. The molecule has 1 unspecified atom stereocenters. The van der Waals surface area contributed by atoms with E-state index in [4.69, 9.17) is 9.47 Å². The number of nitrogens with zero attached hydrogens (tertiary/aromatic N) is 1. The summed E-state index contributed by atoms with van der Waals surface area (Å²) < 4.78 is 11.4. The number of amides is 1. The van der Waals surface area contributed by atoms with E-state index in [1.165, 1.54) is 11.8 Å². The van der Waals surface area contributed by atoms with E-state index in [2.05, 4.69) is 15.9 Å². The Morgan fingerprint density at radius 1 is 1.53 bits per heavy atom. The lowest BCUT2D eigenvalue weighted by Crippen LogP contribution is -2.47. The molecule has 19 heavy (non-hydrogen) atoms. The molecule has 0 aromatic heterocycles. The van der Waals surface area contributed by atoms with E-state index in [9.17, 15) is 9.59 Å². The van der Waals surface area contributed by atoms with Crippen molar-refractivity contribution >= 4 is 33.5 Å². The standard InChI is InChI=1S/C13H14BrNO4/c1-3-18-13(17)12-7-15(8(2)16)10-6-9(14)4-5-11(10)19-12/h4-6,12H,3,7H2,1-2H3. The Hall–Kier alpha value is -1.56. The van der Waals surface area contributed by atoms with E-state index in [0.717, 1.165) is 4.47 Å². The van der Waals surface area contributed by atoms with E-state index in [1.807, 2.05) is 0 Å². The molecule has 1 amide bonds. The van der Waals surface area contributed by atoms with Gasteiger partial charge in [0, 0.05) is 11.4 Å². The van der Waals surface area contributed by atoms with Crippen molar-refractivity contribution in [2.75, 3.05) is 18.1 Å². The van der Waals surface area contributed by atoms with Crippen molar-refractivity contribution in [3.05, 3.63) is 22.7 Å². The summed E-state index contributed by atoms with van der Waals surface area (Å²) >= 11 is 3.35. The Labute approximate surface area is 119 Å². The number of anilines is 1. The topological polar surface area (TPSA) is 55.8 Å². The zero-order valence-corrected chi connectivity index (χ0v) is 12.3. The molecule has 1 aliphatic heterocycles. The smallest absolute Gasteiger partial charge is 0.349 e. The molecular formula is C13H14BrNO4. The molecule has 6 heteroatoms. The highest BCUT2D eigenvalue weighted by Gasteiger charge is 2.33. The van der Waals surface area contributed by atoms with Crippen LogP contribution in [0, 0.1) is 0 Å². The summed E-state index contributed by atoms with van der Waals surface area (Å²) in [6.07, 6.45) is -0.780. The van der Waals surface area contributed by atoms with Crippen LogP contribution in [-0.2, 0) is 14.3 Å². The first kappa shape index (κ1) is 13.9. The lowest BCUT2D eigenvalue weighted by molar-refractivity contribution is -0.151. The SMILES string of the molecule is CCOC(=O)C1CN(C(C)=O)c2cc(Br)ccc2O1. The number of fused-ring (bicyclic) bond motifs is 1. The van der Waals surface area contributed by atoms with Crippen LogP contribution in [-0.4, -0.2) is 31.1 Å². The van der Waals surface area contributed by atoms with Gasteiger partial charge in [-0.2, -0.15) is 0 Å². The summed E-state index contributed by atoms with van der Waals surface area (Å²) in [6, 6.07) is 5.31. The van der Waals surface area contributed by atoms with Gasteiger partial charge in [-0.05, 0) is 25.1 Å². The molecule has 0 radical (unpaired) electrons. The van der Waals surface area contributed by atoms with Gasteiger partial charge in [0.15, 0.2) is 0 Å². The molecule has 1 aliphatic rings. The van der Waals surface area contributed by atoms with E-state index in [1.54, 1.807) is 25.1 Å². The van der Waals surface area contributed by atoms with Gasteiger partial charge in [-0.25, -0.2) is 4.79 Å². The van der Waals surface area contributed by atoms with E-state index >= 15 is 0 Å². The van der Waals surface area contributed by atoms with Gasteiger partial charge >= 0.3 is 5.97 Å². The van der Waals surface area contributed by atoms with Crippen LogP contribution in [0.1, 0.15) is 13.8 Å². The monoisotopic (exact) mass is 327 g/mol. The largest absolute Gasteiger partial charge is 0.475 e. The van der Waals surface area contributed by atoms with Crippen molar-refractivity contribution in [3.8, 4) is 5.75 Å². The molecule has 0 bridgehead atoms. The third kappa shape index (κ3) is 2.89. The van der Waals surface area contributed by atoms with Crippen LogP contribution >= 0.6 is 15.9 Å². The van der Waals surface area contributed by atoms with Crippen LogP contribution in [0.5, 0.6) is 5.75 Å². The van der Waals surface area contributed by atoms with Gasteiger partial charge < -0.3 is 14.4 Å². The fourth-order valence-electron chi connectivity index (χ4n) is 1.91. The van der Waals surface area contributed by atoms with Crippen LogP contribution in [0.15, 0.2) is 22.7 Å². The molecule has 5 nitrogen and oxygen atoms in total. The maximum absolute atomic E-state index is 11.7. The molecule has 1 aromatic carbocycles. The van der Waals surface area contributed by atoms with Gasteiger partial charge in [0.1, 0.15) is 5.75 Å². The number of halogens is 1. The average Bonchev–Trinajstić information content (AvgIpc) is 2.37. The van der Waals surface area contributed by atoms with E-state index in [-0.39, 0.29) is 19.1 Å². The molecule has 1 atom stereocenters. The maximum atomic E-state index is 11.7. The molecule has 0 N–H and O–H groups in total. The summed E-state index contributed by atoms with van der Waals surface area (Å²) in [4.78, 5) is 25.0. The van der Waals surface area contributed by atoms with Gasteiger partial charge in [-0.3, -0.25) is 4.79 Å². The third-order valence-corrected chi connectivity index (χ3v) is 3.25. The number of benzene rings is 1. The lowest BCUT2D eigenvalue weighted by atomic mass is 10.2. The first-order chi connectivity index (χ1) is 9.02. The Morgan fingerprint density at radius 3 is 2.89 bits per heavy atom. The molecule has 2 rings (SSSR count). The molecule has 0 spiro atoms. The molecule has 0 saturated heterocycles. The summed E-state index contributed by atoms with van der Waals surface area (Å²) in [6.45, 7) is 3.64. The summed E-state index contributed by atoms with van der Waals surface area (Å²) in [5.41, 5.74) is 0.655. The van der Waals surface area contributed by atoms with Crippen molar-refractivity contribution in [1.82, 2.24) is 0 Å². The highest BCUT2D eigenvalue weighted by atomic mass is 79.9. The van der Waals surface area contributed by atoms with Gasteiger partial charge in [-0.1, -0.05) is 15.9 Å². The molecule has 1 heterocycles. The summed E-state index contributed by atoms with van der Waals surface area (Å²) in [7, 11) is 0. The predicted molar refractivity (Wildman–Crippen MR) is 73.2 cm³/mol. The predicted octanol–water partition coefficient (Wildman–Crippen LogP) is 2.13. The number of esters is 1. The first-order valence-corrected chi connectivity index (χ1v) is 6.73. The van der Waals surface area contributed by atoms with Crippen molar-refractivity contribution in [3.63, 3.8) is 0 Å². The molecule has 102 valence electrons. The van der Waals surface area contributed by atoms with Crippen molar-refractivity contribution in [1.29, 1.82) is 0 Å². The minimum atomic E-state index is -0.780. The Morgan fingerprint density at radius 2 is 2.26 bits per heavy atom. The fourth-order valence-corrected chi connectivity index (χ4v) is 2.26. The van der Waals surface area contributed by atoms with Crippen molar-refractivity contribution in [2.24, 2.45) is 0 Å². The Balaban J connectivity index is 2.33. The van der Waals surface area contributed by atoms with Crippen LogP contribution in [0.25, 0.3) is 0 Å². The van der Waals surface area contributed by atoms with Gasteiger partial charge in [0.2, 0.25) is 12.0 Å². The minimum Gasteiger partial charge on any atom is -0.475 e. The molecule has 0 fully saturated rings. The summed E-state index contributed by atoms with van der Waals surface area (Å²) in [5.74, 6) is -0.0954. The van der Waals surface area contributed by atoms with Crippen molar-refractivity contribution < 1.29 is 19.1 Å². The van der Waals surface area contributed by atoms with E-state index < -0.39 is 12.1 Å². The van der Waals surface area contributed by atoms with Crippen LogP contribution < -0.4 is 9.64 Å². The maximum Gasteiger partial charge on any atom is 0.349 e. The number of hydrogen-bond donors (Lipinski definition) is 0. The highest BCUT2D eigenvalue weighted by Crippen LogP contribution is 2.36. The molecule has 0 saturated carbocycles. The normalized spacial score (nSPS) is 17.4. The fraction of sp³-hybridized carbons (Fsp3) is 0.385. The number of carbonyl (C=O) groups excluding carboxylic acids is 2. The number of ether oxygens (including phenoxy) is 2. The van der Waals surface area contributed by atoms with Crippen LogP contribution in [0.3, 0.4) is 0 Å². The Kier molecular flexibility index (Phi) is 4.09. The van der Waals surface area contributed by atoms with Gasteiger partial charge in [0.05, 0.1) is 18.8 Å². The second kappa shape index (κ2) is 5.61. The number of carbonyl (C=O) groups is 2. The zero-order chi connectivity index (χ0) is 14.0. The summed E-state index contributed by atoms with van der Waals surface area (Å²) in [5, 5.41) is 0. The second-order valence-electron chi connectivity index (χ2n) is 4.10. The zero-order valence-electron chi connectivity index (χ0n) is 10.7. The first-order valence-electron chi connectivity index (χ1n) is 5.94. The van der Waals surface area contributed by atoms with Crippen LogP contribution in [0.2, 0.25) is 0 Å². The molecule has 0 aliphatic carbocycles. The van der Waals surface area contributed by atoms with Gasteiger partial charge in [0.25, 0.3) is 0 Å². The molecule has 1 aromatic rings. The molecular weight excluding hydrogens is 314 g/mol. The highest BCUT2D eigenvalue weighted by molar-refractivity contribution is 9.10. The van der Waals surface area contributed by atoms with E-state index in [0.29, 0.717) is 11.4 Å². The minimum absolute atomic E-state index is 0.142. The quantitative estimate of drug-likeness (QED) is 0.781. The van der Waals surface area contributed by atoms with Gasteiger partial charge in [-0.15, -0.1) is 0 Å². The third-order valence-electron chi connectivity index (χ3n) is 2.76.